The predicted octanol–water partition coefficient (Wildman–Crippen LogP) is 2.93. The predicted molar refractivity (Wildman–Crippen MR) is 122 cm³/mol. The zero-order valence-electron chi connectivity index (χ0n) is 17.7. The third kappa shape index (κ3) is 4.23. The normalized spacial score (nSPS) is 16.7. The van der Waals surface area contributed by atoms with Crippen molar-refractivity contribution in [3.05, 3.63) is 42.5 Å². The standard InChI is InChI=1S/C21H22N4O5S2/c1-13-10-19(26)22-15-6-4-5-7-17(15)25(13)20(27)12-31-21-23-16-11-14(8-9-18(16)30-21)32(28,29)24(2)3/h4-9,11,13H,10,12H2,1-3H3,(H,22,26)/t13-/m0/s1. The van der Waals surface area contributed by atoms with E-state index in [1.807, 2.05) is 13.0 Å². The van der Waals surface area contributed by atoms with Gasteiger partial charge in [0.1, 0.15) is 5.52 Å². The van der Waals surface area contributed by atoms with Crippen LogP contribution in [0.4, 0.5) is 11.4 Å². The average Bonchev–Trinajstić information content (AvgIpc) is 3.09. The molecule has 0 saturated carbocycles. The molecular formula is C21H22N4O5S2. The molecule has 0 radical (unpaired) electrons. The van der Waals surface area contributed by atoms with E-state index in [4.69, 9.17) is 4.42 Å². The van der Waals surface area contributed by atoms with Crippen molar-refractivity contribution in [2.75, 3.05) is 30.1 Å². The fraction of sp³-hybridized carbons (Fsp3) is 0.286. The number of para-hydroxylation sites is 2. The van der Waals surface area contributed by atoms with Crippen LogP contribution < -0.4 is 10.2 Å². The number of oxazole rings is 1. The van der Waals surface area contributed by atoms with E-state index < -0.39 is 10.0 Å². The third-order valence-electron chi connectivity index (χ3n) is 5.07. The molecule has 2 heterocycles. The van der Waals surface area contributed by atoms with Gasteiger partial charge in [-0.3, -0.25) is 9.59 Å². The maximum absolute atomic E-state index is 13.1. The molecule has 2 aromatic carbocycles. The first kappa shape index (κ1) is 22.3. The van der Waals surface area contributed by atoms with Gasteiger partial charge in [-0.1, -0.05) is 23.9 Å². The van der Waals surface area contributed by atoms with E-state index in [9.17, 15) is 18.0 Å². The third-order valence-corrected chi connectivity index (χ3v) is 7.69. The van der Waals surface area contributed by atoms with Gasteiger partial charge in [-0.05, 0) is 37.3 Å². The average molecular weight is 475 g/mol. The summed E-state index contributed by atoms with van der Waals surface area (Å²) in [5.41, 5.74) is 2.07. The van der Waals surface area contributed by atoms with Crippen molar-refractivity contribution in [2.45, 2.75) is 29.5 Å². The summed E-state index contributed by atoms with van der Waals surface area (Å²) in [4.78, 5) is 31.3. The number of anilines is 2. The fourth-order valence-corrected chi connectivity index (χ4v) is 5.10. The van der Waals surface area contributed by atoms with Crippen molar-refractivity contribution in [2.24, 2.45) is 0 Å². The van der Waals surface area contributed by atoms with Crippen LogP contribution in [0, 0.1) is 0 Å². The smallest absolute Gasteiger partial charge is 0.257 e. The van der Waals surface area contributed by atoms with Crippen LogP contribution in [0.25, 0.3) is 11.1 Å². The van der Waals surface area contributed by atoms with Crippen LogP contribution in [0.5, 0.6) is 0 Å². The molecule has 1 aromatic heterocycles. The Morgan fingerprint density at radius 1 is 1.28 bits per heavy atom. The Hall–Kier alpha value is -2.89. The number of hydrogen-bond acceptors (Lipinski definition) is 7. The molecule has 1 atom stereocenters. The van der Waals surface area contributed by atoms with Crippen molar-refractivity contribution in [1.82, 2.24) is 9.29 Å². The second-order valence-corrected chi connectivity index (χ2v) is 10.6. The molecule has 32 heavy (non-hydrogen) atoms. The van der Waals surface area contributed by atoms with Crippen LogP contribution in [-0.2, 0) is 19.6 Å². The fourth-order valence-electron chi connectivity index (χ4n) is 3.48. The first-order valence-electron chi connectivity index (χ1n) is 9.83. The number of nitrogens with zero attached hydrogens (tertiary/aromatic N) is 3. The Balaban J connectivity index is 1.54. The number of carbonyl (C=O) groups is 2. The minimum absolute atomic E-state index is 0.0442. The first-order valence-corrected chi connectivity index (χ1v) is 12.3. The Morgan fingerprint density at radius 2 is 2.03 bits per heavy atom. The molecule has 0 aliphatic carbocycles. The summed E-state index contributed by atoms with van der Waals surface area (Å²) >= 11 is 1.12. The molecule has 1 aliphatic heterocycles. The maximum atomic E-state index is 13.1. The van der Waals surface area contributed by atoms with Crippen molar-refractivity contribution < 1.29 is 22.4 Å². The molecule has 1 aliphatic rings. The van der Waals surface area contributed by atoms with Crippen LogP contribution in [0.1, 0.15) is 13.3 Å². The summed E-state index contributed by atoms with van der Waals surface area (Å²) in [5.74, 6) is -0.289. The van der Waals surface area contributed by atoms with E-state index in [1.165, 1.54) is 26.2 Å². The number of hydrogen-bond donors (Lipinski definition) is 1. The Kier molecular flexibility index (Phi) is 5.97. The molecule has 1 N–H and O–H groups in total. The molecule has 168 valence electrons. The molecule has 9 nitrogen and oxygen atoms in total. The number of amides is 2. The lowest BCUT2D eigenvalue weighted by Gasteiger charge is -2.27. The molecule has 0 fully saturated rings. The quantitative estimate of drug-likeness (QED) is 0.566. The van der Waals surface area contributed by atoms with E-state index >= 15 is 0 Å². The Bertz CT molecular complexity index is 1300. The SMILES string of the molecule is C[C@H]1CC(=O)Nc2ccccc2N1C(=O)CSc1nc2cc(S(=O)(=O)N(C)C)ccc2o1. The van der Waals surface area contributed by atoms with Gasteiger partial charge < -0.3 is 14.6 Å². The van der Waals surface area contributed by atoms with E-state index in [0.29, 0.717) is 22.5 Å². The number of aromatic nitrogens is 1. The van der Waals surface area contributed by atoms with E-state index in [0.717, 1.165) is 16.1 Å². The largest absolute Gasteiger partial charge is 0.431 e. The second-order valence-electron chi connectivity index (χ2n) is 7.57. The van der Waals surface area contributed by atoms with E-state index in [1.54, 1.807) is 29.2 Å². The number of benzene rings is 2. The number of fused-ring (bicyclic) bond motifs is 2. The van der Waals surface area contributed by atoms with E-state index in [-0.39, 0.29) is 40.1 Å². The van der Waals surface area contributed by atoms with Gasteiger partial charge in [0.05, 0.1) is 22.0 Å². The molecule has 2 amide bonds. The Morgan fingerprint density at radius 3 is 2.78 bits per heavy atom. The summed E-state index contributed by atoms with van der Waals surface area (Å²) < 4.78 is 31.5. The molecule has 0 saturated heterocycles. The summed E-state index contributed by atoms with van der Waals surface area (Å²) in [7, 11) is -0.674. The summed E-state index contributed by atoms with van der Waals surface area (Å²) in [5, 5.41) is 3.09. The molecular weight excluding hydrogens is 452 g/mol. The first-order chi connectivity index (χ1) is 15.2. The summed E-state index contributed by atoms with van der Waals surface area (Å²) in [6, 6.07) is 11.3. The van der Waals surface area contributed by atoms with Gasteiger partial charge in [0, 0.05) is 26.6 Å². The highest BCUT2D eigenvalue weighted by atomic mass is 32.2. The van der Waals surface area contributed by atoms with Crippen LogP contribution in [0.3, 0.4) is 0 Å². The molecule has 0 bridgehead atoms. The minimum atomic E-state index is -3.59. The monoisotopic (exact) mass is 474 g/mol. The highest BCUT2D eigenvalue weighted by molar-refractivity contribution is 7.99. The molecule has 3 aromatic rings. The number of carbonyl (C=O) groups excluding carboxylic acids is 2. The molecule has 0 unspecified atom stereocenters. The van der Waals surface area contributed by atoms with Gasteiger partial charge in [0.25, 0.3) is 5.22 Å². The van der Waals surface area contributed by atoms with E-state index in [2.05, 4.69) is 10.3 Å². The van der Waals surface area contributed by atoms with Crippen molar-refractivity contribution in [1.29, 1.82) is 0 Å². The summed E-state index contributed by atoms with van der Waals surface area (Å²) in [6.45, 7) is 1.83. The topological polar surface area (TPSA) is 113 Å². The number of sulfonamides is 1. The molecule has 11 heteroatoms. The molecule has 4 rings (SSSR count). The Labute approximate surface area is 189 Å². The van der Waals surface area contributed by atoms with Gasteiger partial charge in [0.2, 0.25) is 21.8 Å². The highest BCUT2D eigenvalue weighted by Crippen LogP contribution is 2.33. The molecule has 0 spiro atoms. The van der Waals surface area contributed by atoms with Crippen molar-refractivity contribution in [3.8, 4) is 0 Å². The zero-order valence-corrected chi connectivity index (χ0v) is 19.4. The van der Waals surface area contributed by atoms with Gasteiger partial charge >= 0.3 is 0 Å². The number of nitrogens with one attached hydrogen (secondary N) is 1. The van der Waals surface area contributed by atoms with Gasteiger partial charge in [0.15, 0.2) is 5.58 Å². The lowest BCUT2D eigenvalue weighted by Crippen LogP contribution is -2.40. The lowest BCUT2D eigenvalue weighted by molar-refractivity contribution is -0.117. The van der Waals surface area contributed by atoms with Gasteiger partial charge in [-0.2, -0.15) is 0 Å². The van der Waals surface area contributed by atoms with Crippen LogP contribution in [0.15, 0.2) is 57.0 Å². The summed E-state index contributed by atoms with van der Waals surface area (Å²) in [6.07, 6.45) is 0.192. The van der Waals surface area contributed by atoms with Crippen molar-refractivity contribution >= 4 is 56.1 Å². The highest BCUT2D eigenvalue weighted by Gasteiger charge is 2.29. The van der Waals surface area contributed by atoms with Crippen LogP contribution >= 0.6 is 11.8 Å². The zero-order chi connectivity index (χ0) is 23.0. The number of rotatable bonds is 5. The second kappa shape index (κ2) is 8.57. The minimum Gasteiger partial charge on any atom is -0.431 e. The van der Waals surface area contributed by atoms with Gasteiger partial charge in [-0.25, -0.2) is 17.7 Å². The van der Waals surface area contributed by atoms with Crippen LogP contribution in [-0.4, -0.2) is 55.4 Å². The van der Waals surface area contributed by atoms with Crippen LogP contribution in [0.2, 0.25) is 0 Å². The maximum Gasteiger partial charge on any atom is 0.257 e. The number of thioether (sulfide) groups is 1. The van der Waals surface area contributed by atoms with Gasteiger partial charge in [-0.15, -0.1) is 0 Å². The van der Waals surface area contributed by atoms with Crippen molar-refractivity contribution in [3.63, 3.8) is 0 Å². The lowest BCUT2D eigenvalue weighted by atomic mass is 10.2.